The van der Waals surface area contributed by atoms with Gasteiger partial charge in [0, 0.05) is 18.0 Å². The van der Waals surface area contributed by atoms with Crippen molar-refractivity contribution in [3.63, 3.8) is 0 Å². The second kappa shape index (κ2) is 6.09. The molecule has 122 valence electrons. The zero-order valence-electron chi connectivity index (χ0n) is 12.7. The molecule has 0 saturated heterocycles. The standard InChI is InChI=1S/C14H14N8OS/c15-6-9-7-16-22-12(23)5-10(17-13(9)22)8-24-14-18-19-20-21(14)11-3-1-2-4-11/h5,7,11,16H,1-4,8H2. The second-order valence-electron chi connectivity index (χ2n) is 5.68. The summed E-state index contributed by atoms with van der Waals surface area (Å²) in [6.07, 6.45) is 6.07. The first-order valence-electron chi connectivity index (χ1n) is 7.67. The number of rotatable bonds is 4. The largest absolute Gasteiger partial charge is 0.295 e. The normalized spacial score (nSPS) is 15.1. The minimum absolute atomic E-state index is 0.243. The lowest BCUT2D eigenvalue weighted by atomic mass is 10.3. The molecule has 0 atom stereocenters. The minimum Gasteiger partial charge on any atom is -0.295 e. The molecule has 1 saturated carbocycles. The van der Waals surface area contributed by atoms with Gasteiger partial charge in [0.15, 0.2) is 5.65 Å². The Morgan fingerprint density at radius 2 is 2.25 bits per heavy atom. The van der Waals surface area contributed by atoms with Crippen LogP contribution in [0.5, 0.6) is 0 Å². The molecule has 24 heavy (non-hydrogen) atoms. The molecule has 0 spiro atoms. The molecule has 1 aliphatic carbocycles. The van der Waals surface area contributed by atoms with E-state index in [9.17, 15) is 4.79 Å². The Balaban J connectivity index is 1.58. The Bertz CT molecular complexity index is 975. The SMILES string of the molecule is N#Cc1c[nH]n2c(=O)cc(CSc3nnnn3C3CCCC3)nc12. The van der Waals surface area contributed by atoms with Gasteiger partial charge in [0.1, 0.15) is 11.6 Å². The van der Waals surface area contributed by atoms with E-state index >= 15 is 0 Å². The lowest BCUT2D eigenvalue weighted by molar-refractivity contribution is 0.423. The van der Waals surface area contributed by atoms with Gasteiger partial charge in [0.25, 0.3) is 5.56 Å². The molecule has 0 unspecified atom stereocenters. The van der Waals surface area contributed by atoms with Crippen LogP contribution in [-0.2, 0) is 5.75 Å². The van der Waals surface area contributed by atoms with E-state index in [1.54, 1.807) is 0 Å². The summed E-state index contributed by atoms with van der Waals surface area (Å²) in [4.78, 5) is 16.5. The van der Waals surface area contributed by atoms with E-state index in [-0.39, 0.29) is 5.56 Å². The Kier molecular flexibility index (Phi) is 3.78. The van der Waals surface area contributed by atoms with Crippen LogP contribution in [0.2, 0.25) is 0 Å². The van der Waals surface area contributed by atoms with Crippen molar-refractivity contribution in [2.24, 2.45) is 0 Å². The van der Waals surface area contributed by atoms with Crippen LogP contribution in [0.15, 0.2) is 22.2 Å². The summed E-state index contributed by atoms with van der Waals surface area (Å²) < 4.78 is 3.13. The van der Waals surface area contributed by atoms with E-state index in [1.165, 1.54) is 41.4 Å². The van der Waals surface area contributed by atoms with Crippen LogP contribution in [0, 0.1) is 11.3 Å². The number of nitrogens with zero attached hydrogens (tertiary/aromatic N) is 7. The van der Waals surface area contributed by atoms with Crippen LogP contribution in [0.1, 0.15) is 43.0 Å². The fourth-order valence-electron chi connectivity index (χ4n) is 2.98. The molecule has 1 aliphatic rings. The highest BCUT2D eigenvalue weighted by Gasteiger charge is 2.21. The van der Waals surface area contributed by atoms with Crippen molar-refractivity contribution in [1.29, 1.82) is 5.26 Å². The van der Waals surface area contributed by atoms with Gasteiger partial charge in [0.05, 0.1) is 11.7 Å². The van der Waals surface area contributed by atoms with Crippen molar-refractivity contribution >= 4 is 17.4 Å². The lowest BCUT2D eigenvalue weighted by Gasteiger charge is -2.10. The van der Waals surface area contributed by atoms with E-state index < -0.39 is 0 Å². The zero-order valence-corrected chi connectivity index (χ0v) is 13.5. The number of aromatic nitrogens is 7. The van der Waals surface area contributed by atoms with Gasteiger partial charge in [-0.05, 0) is 23.3 Å². The molecule has 3 aromatic rings. The maximum Gasteiger partial charge on any atom is 0.272 e. The van der Waals surface area contributed by atoms with Gasteiger partial charge >= 0.3 is 0 Å². The number of fused-ring (bicyclic) bond motifs is 1. The summed E-state index contributed by atoms with van der Waals surface area (Å²) in [7, 11) is 0. The first kappa shape index (κ1) is 14.9. The van der Waals surface area contributed by atoms with Crippen molar-refractivity contribution < 1.29 is 0 Å². The molecule has 0 bridgehead atoms. The molecule has 1 fully saturated rings. The van der Waals surface area contributed by atoms with Crippen LogP contribution in [-0.4, -0.2) is 34.8 Å². The molecule has 3 aromatic heterocycles. The molecule has 0 amide bonds. The van der Waals surface area contributed by atoms with Crippen molar-refractivity contribution in [1.82, 2.24) is 34.8 Å². The highest BCUT2D eigenvalue weighted by atomic mass is 32.2. The molecule has 9 nitrogen and oxygen atoms in total. The van der Waals surface area contributed by atoms with Gasteiger partial charge in [-0.25, -0.2) is 14.2 Å². The van der Waals surface area contributed by atoms with Gasteiger partial charge < -0.3 is 0 Å². The van der Waals surface area contributed by atoms with E-state index in [4.69, 9.17) is 5.26 Å². The lowest BCUT2D eigenvalue weighted by Crippen LogP contribution is -2.15. The molecule has 4 rings (SSSR count). The summed E-state index contributed by atoms with van der Waals surface area (Å²) in [5, 5.41) is 24.5. The number of H-pyrrole nitrogens is 1. The summed E-state index contributed by atoms with van der Waals surface area (Å²) >= 11 is 1.45. The van der Waals surface area contributed by atoms with Crippen molar-refractivity contribution in [2.75, 3.05) is 0 Å². The fourth-order valence-corrected chi connectivity index (χ4v) is 3.82. The van der Waals surface area contributed by atoms with Crippen molar-refractivity contribution in [2.45, 2.75) is 42.6 Å². The number of aromatic amines is 1. The molecular formula is C14H14N8OS. The maximum absolute atomic E-state index is 12.1. The molecule has 1 N–H and O–H groups in total. The van der Waals surface area contributed by atoms with E-state index in [0.29, 0.717) is 28.7 Å². The number of tetrazole rings is 1. The number of nitrogens with one attached hydrogen (secondary N) is 1. The maximum atomic E-state index is 12.1. The van der Waals surface area contributed by atoms with Gasteiger partial charge in [0.2, 0.25) is 5.16 Å². The number of thioether (sulfide) groups is 1. The van der Waals surface area contributed by atoms with Crippen LogP contribution in [0.4, 0.5) is 0 Å². The minimum atomic E-state index is -0.243. The molecule has 0 radical (unpaired) electrons. The van der Waals surface area contributed by atoms with Crippen molar-refractivity contribution in [3.05, 3.63) is 33.9 Å². The third-order valence-corrected chi connectivity index (χ3v) is 5.12. The number of hydrogen-bond donors (Lipinski definition) is 1. The van der Waals surface area contributed by atoms with E-state index in [2.05, 4.69) is 25.6 Å². The monoisotopic (exact) mass is 342 g/mol. The predicted octanol–water partition coefficient (Wildman–Crippen LogP) is 1.29. The first-order chi connectivity index (χ1) is 11.8. The number of nitriles is 1. The van der Waals surface area contributed by atoms with Gasteiger partial charge in [-0.2, -0.15) is 5.26 Å². The highest BCUT2D eigenvalue weighted by Crippen LogP contribution is 2.32. The average Bonchev–Trinajstić information content (AvgIpc) is 3.31. The summed E-state index contributed by atoms with van der Waals surface area (Å²) in [5.41, 5.74) is 1.04. The Morgan fingerprint density at radius 3 is 3.04 bits per heavy atom. The second-order valence-corrected chi connectivity index (χ2v) is 6.62. The van der Waals surface area contributed by atoms with Crippen LogP contribution in [0.3, 0.4) is 0 Å². The average molecular weight is 342 g/mol. The van der Waals surface area contributed by atoms with Gasteiger partial charge in [-0.1, -0.05) is 24.6 Å². The highest BCUT2D eigenvalue weighted by molar-refractivity contribution is 7.98. The first-order valence-corrected chi connectivity index (χ1v) is 8.65. The van der Waals surface area contributed by atoms with Crippen LogP contribution in [0.25, 0.3) is 5.65 Å². The Labute approximate surface area is 140 Å². The Hall–Kier alpha value is -2.67. The van der Waals surface area contributed by atoms with Crippen molar-refractivity contribution in [3.8, 4) is 6.07 Å². The zero-order chi connectivity index (χ0) is 16.5. The topological polar surface area (TPSA) is 118 Å². The quantitative estimate of drug-likeness (QED) is 0.710. The predicted molar refractivity (Wildman–Crippen MR) is 85.4 cm³/mol. The van der Waals surface area contributed by atoms with Gasteiger partial charge in [-0.3, -0.25) is 9.89 Å². The van der Waals surface area contributed by atoms with Gasteiger partial charge in [-0.15, -0.1) is 5.10 Å². The molecule has 0 aromatic carbocycles. The van der Waals surface area contributed by atoms with E-state index in [0.717, 1.165) is 18.0 Å². The fraction of sp³-hybridized carbons (Fsp3) is 0.429. The van der Waals surface area contributed by atoms with Crippen LogP contribution >= 0.6 is 11.8 Å². The smallest absolute Gasteiger partial charge is 0.272 e. The molecule has 10 heteroatoms. The van der Waals surface area contributed by atoms with E-state index in [1.807, 2.05) is 10.8 Å². The third-order valence-electron chi connectivity index (χ3n) is 4.15. The number of hydrogen-bond acceptors (Lipinski definition) is 7. The molecule has 0 aliphatic heterocycles. The van der Waals surface area contributed by atoms with Crippen LogP contribution < -0.4 is 5.56 Å². The Morgan fingerprint density at radius 1 is 1.42 bits per heavy atom. The molecular weight excluding hydrogens is 328 g/mol. The third kappa shape index (κ3) is 2.56. The summed E-state index contributed by atoms with van der Waals surface area (Å²) in [5.74, 6) is 0.467. The summed E-state index contributed by atoms with van der Waals surface area (Å²) in [6, 6.07) is 3.84. The summed E-state index contributed by atoms with van der Waals surface area (Å²) in [6.45, 7) is 0. The molecule has 3 heterocycles.